The molecule has 0 saturated carbocycles. The minimum atomic E-state index is -0.388. The Balaban J connectivity index is 2.63. The summed E-state index contributed by atoms with van der Waals surface area (Å²) in [4.78, 5) is 16.0. The summed E-state index contributed by atoms with van der Waals surface area (Å²) in [5.74, 6) is 1.56. The lowest BCUT2D eigenvalue weighted by Gasteiger charge is -2.10. The highest BCUT2D eigenvalue weighted by atomic mass is 16.5. The number of esters is 1. The van der Waals surface area contributed by atoms with Crippen molar-refractivity contribution in [1.82, 2.24) is 10.6 Å². The maximum atomic E-state index is 11.5. The van der Waals surface area contributed by atoms with Gasteiger partial charge in [0.2, 0.25) is 0 Å². The van der Waals surface area contributed by atoms with E-state index in [0.29, 0.717) is 23.6 Å². The molecule has 0 saturated heterocycles. The lowest BCUT2D eigenvalue weighted by Crippen LogP contribution is -2.37. The Morgan fingerprint density at radius 3 is 2.73 bits per heavy atom. The van der Waals surface area contributed by atoms with Gasteiger partial charge in [0.05, 0.1) is 7.11 Å². The van der Waals surface area contributed by atoms with Crippen LogP contribution in [0.5, 0.6) is 0 Å². The molecule has 0 aliphatic heterocycles. The fourth-order valence-electron chi connectivity index (χ4n) is 2.01. The molecule has 0 unspecified atom stereocenters. The first kappa shape index (κ1) is 18.1. The van der Waals surface area contributed by atoms with Gasteiger partial charge in [-0.25, -0.2) is 9.79 Å². The van der Waals surface area contributed by atoms with Crippen LogP contribution in [0, 0.1) is 6.92 Å². The number of furan rings is 1. The zero-order chi connectivity index (χ0) is 16.4. The molecule has 0 fully saturated rings. The molecule has 1 aromatic heterocycles. The normalized spacial score (nSPS) is 11.4. The van der Waals surface area contributed by atoms with Crippen LogP contribution in [0.4, 0.5) is 0 Å². The molecule has 1 rings (SSSR count). The lowest BCUT2D eigenvalue weighted by atomic mass is 10.2. The first-order valence-electron chi connectivity index (χ1n) is 7.82. The molecular weight excluding hydrogens is 282 g/mol. The first-order valence-corrected chi connectivity index (χ1v) is 7.82. The predicted molar refractivity (Wildman–Crippen MR) is 87.1 cm³/mol. The van der Waals surface area contributed by atoms with Crippen LogP contribution in [0.25, 0.3) is 0 Å². The average molecular weight is 309 g/mol. The zero-order valence-electron chi connectivity index (χ0n) is 14.0. The van der Waals surface area contributed by atoms with Crippen molar-refractivity contribution in [3.8, 4) is 0 Å². The number of nitrogens with zero attached hydrogens (tertiary/aromatic N) is 1. The molecule has 0 aromatic carbocycles. The third-order valence-corrected chi connectivity index (χ3v) is 3.18. The smallest absolute Gasteiger partial charge is 0.341 e. The maximum Gasteiger partial charge on any atom is 0.341 e. The highest BCUT2D eigenvalue weighted by Crippen LogP contribution is 2.16. The number of carbonyl (C=O) groups excluding carboxylic acids is 1. The Kier molecular flexibility index (Phi) is 8.10. The number of hydrogen-bond donors (Lipinski definition) is 2. The number of rotatable bonds is 8. The van der Waals surface area contributed by atoms with Gasteiger partial charge in [-0.05, 0) is 26.3 Å². The molecular formula is C16H27N3O3. The Hall–Kier alpha value is -1.98. The number of aliphatic imine (C=N–C) groups is 1. The summed E-state index contributed by atoms with van der Waals surface area (Å²) in [5.41, 5.74) is 0.452. The minimum Gasteiger partial charge on any atom is -0.465 e. The second-order valence-corrected chi connectivity index (χ2v) is 5.00. The quantitative estimate of drug-likeness (QED) is 0.334. The van der Waals surface area contributed by atoms with Crippen LogP contribution in [0.2, 0.25) is 0 Å². The van der Waals surface area contributed by atoms with E-state index in [1.807, 2.05) is 6.92 Å². The fourth-order valence-corrected chi connectivity index (χ4v) is 2.01. The van der Waals surface area contributed by atoms with Crippen molar-refractivity contribution in [3.63, 3.8) is 0 Å². The molecule has 0 radical (unpaired) electrons. The van der Waals surface area contributed by atoms with Crippen molar-refractivity contribution in [1.29, 1.82) is 0 Å². The molecule has 22 heavy (non-hydrogen) atoms. The Morgan fingerprint density at radius 1 is 1.32 bits per heavy atom. The Bertz CT molecular complexity index is 495. The van der Waals surface area contributed by atoms with E-state index in [9.17, 15) is 4.79 Å². The maximum absolute atomic E-state index is 11.5. The van der Waals surface area contributed by atoms with Gasteiger partial charge in [-0.3, -0.25) is 0 Å². The second kappa shape index (κ2) is 9.87. The molecule has 0 aliphatic carbocycles. The van der Waals surface area contributed by atoms with E-state index in [1.165, 1.54) is 20.0 Å². The van der Waals surface area contributed by atoms with Crippen LogP contribution in [-0.2, 0) is 11.3 Å². The van der Waals surface area contributed by atoms with Crippen molar-refractivity contribution in [2.24, 2.45) is 4.99 Å². The number of aryl methyl sites for hydroxylation is 1. The third-order valence-electron chi connectivity index (χ3n) is 3.18. The fraction of sp³-hybridized carbons (Fsp3) is 0.625. The predicted octanol–water partition coefficient (Wildman–Crippen LogP) is 2.62. The van der Waals surface area contributed by atoms with E-state index in [4.69, 9.17) is 9.15 Å². The number of methoxy groups -OCH3 is 1. The molecule has 1 heterocycles. The molecule has 124 valence electrons. The molecule has 0 atom stereocenters. The first-order chi connectivity index (χ1) is 10.6. The number of ether oxygens (including phenoxy) is 1. The van der Waals surface area contributed by atoms with Gasteiger partial charge in [-0.1, -0.05) is 19.8 Å². The van der Waals surface area contributed by atoms with Crippen molar-refractivity contribution >= 4 is 11.9 Å². The number of unbranched alkanes of at least 4 members (excludes halogenated alkanes) is 2. The van der Waals surface area contributed by atoms with Crippen molar-refractivity contribution in [3.05, 3.63) is 23.2 Å². The zero-order valence-corrected chi connectivity index (χ0v) is 14.0. The summed E-state index contributed by atoms with van der Waals surface area (Å²) in [6, 6.07) is 1.69. The second-order valence-electron chi connectivity index (χ2n) is 5.00. The Labute approximate surface area is 132 Å². The number of guanidine groups is 1. The van der Waals surface area contributed by atoms with Crippen LogP contribution in [0.15, 0.2) is 15.5 Å². The van der Waals surface area contributed by atoms with Crippen LogP contribution >= 0.6 is 0 Å². The van der Waals surface area contributed by atoms with Crippen LogP contribution in [-0.4, -0.2) is 32.1 Å². The van der Waals surface area contributed by atoms with Crippen LogP contribution in [0.1, 0.15) is 55.0 Å². The Morgan fingerprint density at radius 2 is 2.09 bits per heavy atom. The third kappa shape index (κ3) is 5.79. The van der Waals surface area contributed by atoms with Crippen molar-refractivity contribution < 1.29 is 13.9 Å². The number of carbonyl (C=O) groups is 1. The standard InChI is InChI=1S/C16H27N3O3/c1-5-7-8-9-18-16(17-6-2)19-11-13-10-14(12(3)22-13)15(20)21-4/h10H,5-9,11H2,1-4H3,(H2,17,18,19). The van der Waals surface area contributed by atoms with Crippen molar-refractivity contribution in [2.45, 2.75) is 46.6 Å². The topological polar surface area (TPSA) is 75.9 Å². The molecule has 0 amide bonds. The van der Waals surface area contributed by atoms with Gasteiger partial charge in [-0.15, -0.1) is 0 Å². The van der Waals surface area contributed by atoms with E-state index < -0.39 is 0 Å². The molecule has 0 spiro atoms. The molecule has 2 N–H and O–H groups in total. The average Bonchev–Trinajstić information content (AvgIpc) is 2.89. The number of hydrogen-bond acceptors (Lipinski definition) is 4. The highest BCUT2D eigenvalue weighted by molar-refractivity contribution is 5.90. The van der Waals surface area contributed by atoms with Gasteiger partial charge in [0.25, 0.3) is 0 Å². The summed E-state index contributed by atoms with van der Waals surface area (Å²) in [7, 11) is 1.36. The molecule has 1 aromatic rings. The summed E-state index contributed by atoms with van der Waals surface area (Å²) < 4.78 is 10.3. The van der Waals surface area contributed by atoms with E-state index in [1.54, 1.807) is 13.0 Å². The largest absolute Gasteiger partial charge is 0.465 e. The molecule has 6 nitrogen and oxygen atoms in total. The monoisotopic (exact) mass is 309 g/mol. The van der Waals surface area contributed by atoms with Crippen molar-refractivity contribution in [2.75, 3.05) is 20.2 Å². The van der Waals surface area contributed by atoms with E-state index in [0.717, 1.165) is 25.5 Å². The van der Waals surface area contributed by atoms with Gasteiger partial charge < -0.3 is 19.8 Å². The van der Waals surface area contributed by atoms with Gasteiger partial charge >= 0.3 is 5.97 Å². The van der Waals surface area contributed by atoms with Gasteiger partial charge in [0.15, 0.2) is 5.96 Å². The van der Waals surface area contributed by atoms with Gasteiger partial charge in [-0.2, -0.15) is 0 Å². The highest BCUT2D eigenvalue weighted by Gasteiger charge is 2.15. The van der Waals surface area contributed by atoms with E-state index in [2.05, 4.69) is 22.5 Å². The lowest BCUT2D eigenvalue weighted by molar-refractivity contribution is 0.0599. The van der Waals surface area contributed by atoms with E-state index >= 15 is 0 Å². The summed E-state index contributed by atoms with van der Waals surface area (Å²) in [6.07, 6.45) is 3.51. The molecule has 6 heteroatoms. The van der Waals surface area contributed by atoms with Crippen LogP contribution < -0.4 is 10.6 Å². The molecule has 0 aliphatic rings. The number of nitrogens with one attached hydrogen (secondary N) is 2. The van der Waals surface area contributed by atoms with Crippen LogP contribution in [0.3, 0.4) is 0 Å². The SMILES string of the molecule is CCCCCNC(=NCc1cc(C(=O)OC)c(C)o1)NCC. The summed E-state index contributed by atoms with van der Waals surface area (Å²) in [5, 5.41) is 6.48. The van der Waals surface area contributed by atoms with E-state index in [-0.39, 0.29) is 5.97 Å². The summed E-state index contributed by atoms with van der Waals surface area (Å²) >= 11 is 0. The minimum absolute atomic E-state index is 0.376. The summed E-state index contributed by atoms with van der Waals surface area (Å²) in [6.45, 7) is 8.01. The molecule has 0 bridgehead atoms. The van der Waals surface area contributed by atoms with Gasteiger partial charge in [0.1, 0.15) is 23.6 Å². The van der Waals surface area contributed by atoms with Gasteiger partial charge in [0, 0.05) is 13.1 Å².